The second-order valence-corrected chi connectivity index (χ2v) is 11.1. The van der Waals surface area contributed by atoms with E-state index < -0.39 is 17.9 Å². The number of amides is 2. The van der Waals surface area contributed by atoms with E-state index in [-0.39, 0.29) is 48.6 Å². The van der Waals surface area contributed by atoms with Crippen molar-refractivity contribution in [2.45, 2.75) is 31.2 Å². The Labute approximate surface area is 257 Å². The summed E-state index contributed by atoms with van der Waals surface area (Å²) in [5, 5.41) is 23.3. The summed E-state index contributed by atoms with van der Waals surface area (Å²) in [7, 11) is 2.91. The summed E-state index contributed by atoms with van der Waals surface area (Å²) >= 11 is 0. The number of methoxy groups -OCH3 is 2. The zero-order valence-electron chi connectivity index (χ0n) is 25.3. The van der Waals surface area contributed by atoms with Gasteiger partial charge in [-0.15, -0.1) is 0 Å². The average molecular weight is 614 g/mol. The standard InChI is InChI=1S/C31H43N5O8/c1-40-24-12-18(13-25(41-2)29(24)37)26-19-14-22-23(44-17-43-22)15-20(19)28(21-16-42-30(38)27(21)26)36-31(39)35-11-10-34-8-4-3-7-33-9-5-6-32/h12-15,21,26-28,33-34,37H,3-11,16-17,32H2,1-2H3,(H2,35,36,39)/t21-,26?,27-,28+/m0/s1. The zero-order valence-corrected chi connectivity index (χ0v) is 25.3. The lowest BCUT2D eigenvalue weighted by Crippen LogP contribution is -2.47. The van der Waals surface area contributed by atoms with Crippen LogP contribution in [0.2, 0.25) is 0 Å². The van der Waals surface area contributed by atoms with Crippen molar-refractivity contribution in [3.05, 3.63) is 41.0 Å². The van der Waals surface area contributed by atoms with Crippen molar-refractivity contribution < 1.29 is 38.4 Å². The third-order valence-corrected chi connectivity index (χ3v) is 8.44. The van der Waals surface area contributed by atoms with E-state index in [0.717, 1.165) is 50.0 Å². The first-order chi connectivity index (χ1) is 21.5. The van der Waals surface area contributed by atoms with Gasteiger partial charge in [-0.25, -0.2) is 4.79 Å². The topological polar surface area (TPSA) is 175 Å². The molecular formula is C31H43N5O8. The van der Waals surface area contributed by atoms with Gasteiger partial charge in [0.25, 0.3) is 0 Å². The second-order valence-electron chi connectivity index (χ2n) is 11.1. The van der Waals surface area contributed by atoms with Gasteiger partial charge in [-0.3, -0.25) is 4.79 Å². The number of urea groups is 1. The van der Waals surface area contributed by atoms with Gasteiger partial charge in [-0.05, 0) is 86.4 Å². The zero-order chi connectivity index (χ0) is 31.1. The Kier molecular flexibility index (Phi) is 10.5. The van der Waals surface area contributed by atoms with Gasteiger partial charge in [0.2, 0.25) is 12.5 Å². The quantitative estimate of drug-likeness (QED) is 0.127. The molecule has 1 fully saturated rings. The molecule has 44 heavy (non-hydrogen) atoms. The van der Waals surface area contributed by atoms with Crippen LogP contribution in [0, 0.1) is 11.8 Å². The Morgan fingerprint density at radius 3 is 2.20 bits per heavy atom. The summed E-state index contributed by atoms with van der Waals surface area (Å²) < 4.78 is 27.8. The molecule has 0 radical (unpaired) electrons. The van der Waals surface area contributed by atoms with Crippen LogP contribution in [-0.4, -0.2) is 84.0 Å². The molecule has 13 nitrogen and oxygen atoms in total. The normalized spacial score (nSPS) is 21.3. The smallest absolute Gasteiger partial charge is 0.315 e. The third-order valence-electron chi connectivity index (χ3n) is 8.44. The molecule has 7 N–H and O–H groups in total. The van der Waals surface area contributed by atoms with Gasteiger partial charge in [-0.2, -0.15) is 0 Å². The highest BCUT2D eigenvalue weighted by molar-refractivity contribution is 5.80. The maximum Gasteiger partial charge on any atom is 0.315 e. The van der Waals surface area contributed by atoms with E-state index in [4.69, 9.17) is 29.4 Å². The maximum atomic E-state index is 13.3. The largest absolute Gasteiger partial charge is 0.502 e. The molecule has 2 aromatic carbocycles. The molecule has 5 rings (SSSR count). The number of ether oxygens (including phenoxy) is 5. The maximum absolute atomic E-state index is 13.3. The van der Waals surface area contributed by atoms with Crippen molar-refractivity contribution in [2.75, 3.05) is 66.9 Å². The van der Waals surface area contributed by atoms with Crippen LogP contribution in [0.1, 0.15) is 47.9 Å². The SMILES string of the molecule is COc1cc(C2c3cc4c(cc3[C@@H](NC(=O)NCCNCCCCNCCCN)[C@H]3COC(=O)[C@H]23)OCO4)cc(OC)c1O. The average Bonchev–Trinajstić information content (AvgIpc) is 3.65. The molecule has 4 atom stereocenters. The van der Waals surface area contributed by atoms with Crippen LogP contribution in [0.25, 0.3) is 0 Å². The van der Waals surface area contributed by atoms with E-state index >= 15 is 0 Å². The van der Waals surface area contributed by atoms with Gasteiger partial charge in [-0.1, -0.05) is 0 Å². The van der Waals surface area contributed by atoms with E-state index in [2.05, 4.69) is 21.3 Å². The van der Waals surface area contributed by atoms with Crippen LogP contribution in [-0.2, 0) is 9.53 Å². The van der Waals surface area contributed by atoms with Gasteiger partial charge < -0.3 is 55.8 Å². The molecule has 0 spiro atoms. The highest BCUT2D eigenvalue weighted by Crippen LogP contribution is 2.55. The lowest BCUT2D eigenvalue weighted by molar-refractivity contribution is -0.141. The fourth-order valence-corrected chi connectivity index (χ4v) is 6.27. The Morgan fingerprint density at radius 2 is 1.55 bits per heavy atom. The molecule has 1 aliphatic carbocycles. The first-order valence-corrected chi connectivity index (χ1v) is 15.2. The van der Waals surface area contributed by atoms with E-state index in [1.54, 1.807) is 12.1 Å². The monoisotopic (exact) mass is 613 g/mol. The predicted octanol–water partition coefficient (Wildman–Crippen LogP) is 1.72. The van der Waals surface area contributed by atoms with E-state index in [9.17, 15) is 14.7 Å². The van der Waals surface area contributed by atoms with Gasteiger partial charge in [0.15, 0.2) is 23.0 Å². The Hall–Kier alpha value is -3.94. The fraction of sp³-hybridized carbons (Fsp3) is 0.548. The summed E-state index contributed by atoms with van der Waals surface area (Å²) in [4.78, 5) is 26.4. The van der Waals surface area contributed by atoms with Gasteiger partial charge >= 0.3 is 12.0 Å². The number of fused-ring (bicyclic) bond motifs is 3. The van der Waals surface area contributed by atoms with Crippen molar-refractivity contribution in [2.24, 2.45) is 17.6 Å². The first-order valence-electron chi connectivity index (χ1n) is 15.2. The molecule has 13 heteroatoms. The van der Waals surface area contributed by atoms with Crippen molar-refractivity contribution in [1.82, 2.24) is 21.3 Å². The van der Waals surface area contributed by atoms with Crippen LogP contribution in [0.15, 0.2) is 24.3 Å². The van der Waals surface area contributed by atoms with Crippen LogP contribution in [0.3, 0.4) is 0 Å². The van der Waals surface area contributed by atoms with Gasteiger partial charge in [0.1, 0.15) is 0 Å². The lowest BCUT2D eigenvalue weighted by Gasteiger charge is -2.39. The molecule has 1 saturated heterocycles. The molecule has 2 heterocycles. The highest BCUT2D eigenvalue weighted by atomic mass is 16.7. The van der Waals surface area contributed by atoms with Crippen LogP contribution in [0.4, 0.5) is 4.79 Å². The minimum absolute atomic E-state index is 0.0784. The second kappa shape index (κ2) is 14.7. The summed E-state index contributed by atoms with van der Waals surface area (Å²) in [6.45, 7) is 4.78. The van der Waals surface area contributed by atoms with E-state index in [1.807, 2.05) is 12.1 Å². The molecule has 0 bridgehead atoms. The highest BCUT2D eigenvalue weighted by Gasteiger charge is 2.53. The number of nitrogens with one attached hydrogen (secondary N) is 4. The van der Waals surface area contributed by atoms with Crippen LogP contribution < -0.4 is 45.9 Å². The number of unbranched alkanes of at least 4 members (excludes halogenated alkanes) is 1. The first kappa shape index (κ1) is 31.5. The van der Waals surface area contributed by atoms with E-state index in [0.29, 0.717) is 36.7 Å². The summed E-state index contributed by atoms with van der Waals surface area (Å²) in [6, 6.07) is 6.27. The minimum Gasteiger partial charge on any atom is -0.502 e. The van der Waals surface area contributed by atoms with Crippen molar-refractivity contribution in [3.8, 4) is 28.7 Å². The van der Waals surface area contributed by atoms with Crippen molar-refractivity contribution >= 4 is 12.0 Å². The van der Waals surface area contributed by atoms with Crippen LogP contribution >= 0.6 is 0 Å². The molecular weight excluding hydrogens is 570 g/mol. The van der Waals surface area contributed by atoms with Crippen molar-refractivity contribution in [3.63, 3.8) is 0 Å². The fourth-order valence-electron chi connectivity index (χ4n) is 6.27. The Morgan fingerprint density at radius 1 is 0.909 bits per heavy atom. The Bertz CT molecular complexity index is 1300. The molecule has 2 aliphatic heterocycles. The third kappa shape index (κ3) is 6.74. The van der Waals surface area contributed by atoms with Crippen molar-refractivity contribution in [1.29, 1.82) is 0 Å². The number of phenols is 1. The number of phenolic OH excluding ortho intramolecular Hbond substituents is 1. The molecule has 0 aromatic heterocycles. The summed E-state index contributed by atoms with van der Waals surface area (Å²) in [6.07, 6.45) is 3.09. The minimum atomic E-state index is -0.612. The molecule has 0 saturated carbocycles. The number of aromatic hydroxyl groups is 1. The number of carbonyl (C=O) groups is 2. The lowest BCUT2D eigenvalue weighted by atomic mass is 9.65. The molecule has 3 aliphatic rings. The van der Waals surface area contributed by atoms with Gasteiger partial charge in [0, 0.05) is 24.9 Å². The number of carbonyl (C=O) groups excluding carboxylic acids is 2. The van der Waals surface area contributed by atoms with Crippen LogP contribution in [0.5, 0.6) is 28.7 Å². The summed E-state index contributed by atoms with van der Waals surface area (Å²) in [5.41, 5.74) is 7.79. The number of nitrogens with two attached hydrogens (primary N) is 1. The van der Waals surface area contributed by atoms with E-state index in [1.165, 1.54) is 14.2 Å². The number of esters is 1. The number of hydrogen-bond acceptors (Lipinski definition) is 11. The molecule has 1 unspecified atom stereocenters. The van der Waals surface area contributed by atoms with Gasteiger partial charge in [0.05, 0.1) is 32.8 Å². The summed E-state index contributed by atoms with van der Waals surface area (Å²) in [5.74, 6) is -0.382. The molecule has 2 aromatic rings. The predicted molar refractivity (Wildman–Crippen MR) is 161 cm³/mol. The number of benzene rings is 2. The molecule has 240 valence electrons. The number of rotatable bonds is 15. The Balaban J connectivity index is 1.30. The molecule has 2 amide bonds. The number of cyclic esters (lactones) is 1. The number of hydrogen-bond donors (Lipinski definition) is 6.